The molecule has 0 unspecified atom stereocenters. The van der Waals surface area contributed by atoms with Crippen molar-refractivity contribution >= 4 is 11.6 Å². The van der Waals surface area contributed by atoms with E-state index in [2.05, 4.69) is 15.2 Å². The van der Waals surface area contributed by atoms with Crippen LogP contribution in [0.2, 0.25) is 0 Å². The minimum absolute atomic E-state index is 0.0677. The highest BCUT2D eigenvalue weighted by molar-refractivity contribution is 5.93. The number of hydrogen-bond acceptors (Lipinski definition) is 4. The smallest absolute Gasteiger partial charge is 0.268 e. The predicted octanol–water partition coefficient (Wildman–Crippen LogP) is 0.396. The van der Waals surface area contributed by atoms with Crippen molar-refractivity contribution in [3.8, 4) is 0 Å². The number of nitrogens with zero attached hydrogens (tertiary/aromatic N) is 3. The quantitative estimate of drug-likeness (QED) is 0.876. The molecule has 6 heteroatoms. The Morgan fingerprint density at radius 3 is 3.05 bits per heavy atom. The van der Waals surface area contributed by atoms with Crippen LogP contribution in [0.15, 0.2) is 30.6 Å². The molecule has 6 nitrogen and oxygen atoms in total. The van der Waals surface area contributed by atoms with Gasteiger partial charge in [-0.25, -0.2) is 4.98 Å². The van der Waals surface area contributed by atoms with Gasteiger partial charge in [-0.1, -0.05) is 6.07 Å². The molecule has 0 aliphatic carbocycles. The van der Waals surface area contributed by atoms with E-state index < -0.39 is 0 Å². The minimum atomic E-state index is -0.0677. The maximum atomic E-state index is 12.2. The zero-order valence-corrected chi connectivity index (χ0v) is 11.3. The fraction of sp³-hybridized carbons (Fsp3) is 0.429. The summed E-state index contributed by atoms with van der Waals surface area (Å²) in [4.78, 5) is 18.7. The van der Waals surface area contributed by atoms with Crippen molar-refractivity contribution < 1.29 is 9.53 Å². The summed E-state index contributed by atoms with van der Waals surface area (Å²) in [6.45, 7) is 4.93. The number of carbonyl (C=O) groups is 1. The highest BCUT2D eigenvalue weighted by Crippen LogP contribution is 2.05. The van der Waals surface area contributed by atoms with E-state index in [9.17, 15) is 4.79 Å². The van der Waals surface area contributed by atoms with Gasteiger partial charge >= 0.3 is 0 Å². The first kappa shape index (κ1) is 13.1. The maximum Gasteiger partial charge on any atom is 0.268 e. The molecule has 1 aliphatic heterocycles. The lowest BCUT2D eigenvalue weighted by atomic mass is 10.3. The summed E-state index contributed by atoms with van der Waals surface area (Å²) in [5.41, 5.74) is 1.40. The summed E-state index contributed by atoms with van der Waals surface area (Å²) in [5, 5.41) is 2.96. The van der Waals surface area contributed by atoms with Crippen LogP contribution in [0.3, 0.4) is 0 Å². The van der Waals surface area contributed by atoms with Crippen LogP contribution in [0.1, 0.15) is 10.5 Å². The number of aromatic nitrogens is 2. The Bertz CT molecular complexity index is 590. The third-order valence-electron chi connectivity index (χ3n) is 3.48. The highest BCUT2D eigenvalue weighted by atomic mass is 16.5. The molecular weight excluding hydrogens is 256 g/mol. The average Bonchev–Trinajstić information content (AvgIpc) is 2.96. The third kappa shape index (κ3) is 2.81. The number of pyridine rings is 1. The largest absolute Gasteiger partial charge is 0.379 e. The number of morpholine rings is 1. The van der Waals surface area contributed by atoms with Crippen molar-refractivity contribution in [1.82, 2.24) is 19.6 Å². The molecule has 3 heterocycles. The van der Waals surface area contributed by atoms with Gasteiger partial charge in [0.1, 0.15) is 11.3 Å². The fourth-order valence-corrected chi connectivity index (χ4v) is 2.38. The number of nitrogens with one attached hydrogen (secondary N) is 1. The van der Waals surface area contributed by atoms with E-state index in [4.69, 9.17) is 4.74 Å². The first-order valence-corrected chi connectivity index (χ1v) is 6.85. The van der Waals surface area contributed by atoms with Crippen LogP contribution >= 0.6 is 0 Å². The molecule has 0 atom stereocenters. The predicted molar refractivity (Wildman–Crippen MR) is 74.8 cm³/mol. The standard InChI is InChI=1S/C14H18N4O2/c19-14(16-4-6-17-8-10-20-11-9-17)12-2-1-3-13-15-5-7-18(12)13/h1-3,5,7H,4,6,8-11H2,(H,16,19). The summed E-state index contributed by atoms with van der Waals surface area (Å²) < 4.78 is 7.09. The maximum absolute atomic E-state index is 12.2. The van der Waals surface area contributed by atoms with E-state index in [1.54, 1.807) is 22.9 Å². The molecule has 1 N–H and O–H groups in total. The minimum Gasteiger partial charge on any atom is -0.379 e. The van der Waals surface area contributed by atoms with Crippen molar-refractivity contribution in [2.45, 2.75) is 0 Å². The van der Waals surface area contributed by atoms with Crippen molar-refractivity contribution in [1.29, 1.82) is 0 Å². The lowest BCUT2D eigenvalue weighted by Crippen LogP contribution is -2.41. The summed E-state index contributed by atoms with van der Waals surface area (Å²) in [5.74, 6) is -0.0677. The van der Waals surface area contributed by atoms with Crippen molar-refractivity contribution in [2.24, 2.45) is 0 Å². The molecule has 106 valence electrons. The van der Waals surface area contributed by atoms with Crippen molar-refractivity contribution in [2.75, 3.05) is 39.4 Å². The second-order valence-electron chi connectivity index (χ2n) is 4.78. The van der Waals surface area contributed by atoms with E-state index in [1.807, 2.05) is 12.1 Å². The van der Waals surface area contributed by atoms with Crippen LogP contribution in [0.5, 0.6) is 0 Å². The Hall–Kier alpha value is -1.92. The zero-order valence-electron chi connectivity index (χ0n) is 11.3. The second-order valence-corrected chi connectivity index (χ2v) is 4.78. The van der Waals surface area contributed by atoms with Gasteiger partial charge in [-0.15, -0.1) is 0 Å². The van der Waals surface area contributed by atoms with E-state index in [-0.39, 0.29) is 5.91 Å². The monoisotopic (exact) mass is 274 g/mol. The molecule has 1 amide bonds. The number of imidazole rings is 1. The Labute approximate surface area is 117 Å². The second kappa shape index (κ2) is 6.02. The number of hydrogen-bond donors (Lipinski definition) is 1. The topological polar surface area (TPSA) is 58.9 Å². The molecule has 20 heavy (non-hydrogen) atoms. The van der Waals surface area contributed by atoms with Gasteiger partial charge in [0.15, 0.2) is 0 Å². The van der Waals surface area contributed by atoms with Crippen LogP contribution in [0, 0.1) is 0 Å². The molecule has 3 rings (SSSR count). The lowest BCUT2D eigenvalue weighted by molar-refractivity contribution is 0.0383. The number of amides is 1. The van der Waals surface area contributed by atoms with Crippen LogP contribution in [0.25, 0.3) is 5.65 Å². The molecule has 2 aromatic heterocycles. The van der Waals surface area contributed by atoms with Crippen molar-refractivity contribution in [3.63, 3.8) is 0 Å². The third-order valence-corrected chi connectivity index (χ3v) is 3.48. The fourth-order valence-electron chi connectivity index (χ4n) is 2.38. The first-order chi connectivity index (χ1) is 9.84. The highest BCUT2D eigenvalue weighted by Gasteiger charge is 2.12. The molecule has 1 fully saturated rings. The Balaban J connectivity index is 1.57. The Morgan fingerprint density at radius 2 is 2.20 bits per heavy atom. The summed E-state index contributed by atoms with van der Waals surface area (Å²) in [6.07, 6.45) is 3.49. The molecular formula is C14H18N4O2. The molecule has 1 aliphatic rings. The normalized spacial score (nSPS) is 16.4. The summed E-state index contributed by atoms with van der Waals surface area (Å²) >= 11 is 0. The SMILES string of the molecule is O=C(NCCN1CCOCC1)c1cccc2nccn12. The van der Waals surface area contributed by atoms with Gasteiger partial charge in [0.05, 0.1) is 13.2 Å². The van der Waals surface area contributed by atoms with Gasteiger partial charge in [-0.05, 0) is 12.1 Å². The molecule has 0 radical (unpaired) electrons. The van der Waals surface area contributed by atoms with Gasteiger partial charge in [0, 0.05) is 38.6 Å². The van der Waals surface area contributed by atoms with Gasteiger partial charge in [0.2, 0.25) is 0 Å². The van der Waals surface area contributed by atoms with E-state index in [0.717, 1.165) is 38.5 Å². The molecule has 1 saturated heterocycles. The summed E-state index contributed by atoms with van der Waals surface area (Å²) in [7, 11) is 0. The molecule has 0 aromatic carbocycles. The number of ether oxygens (including phenoxy) is 1. The number of fused-ring (bicyclic) bond motifs is 1. The van der Waals surface area contributed by atoms with E-state index in [0.29, 0.717) is 12.2 Å². The number of carbonyl (C=O) groups excluding carboxylic acids is 1. The molecule has 0 bridgehead atoms. The van der Waals surface area contributed by atoms with Gasteiger partial charge < -0.3 is 10.1 Å². The van der Waals surface area contributed by atoms with E-state index in [1.165, 1.54) is 0 Å². The summed E-state index contributed by atoms with van der Waals surface area (Å²) in [6, 6.07) is 5.53. The van der Waals surface area contributed by atoms with Crippen LogP contribution in [-0.2, 0) is 4.74 Å². The molecule has 0 spiro atoms. The van der Waals surface area contributed by atoms with Crippen LogP contribution in [0.4, 0.5) is 0 Å². The Morgan fingerprint density at radius 1 is 1.35 bits per heavy atom. The van der Waals surface area contributed by atoms with Gasteiger partial charge in [0.25, 0.3) is 5.91 Å². The zero-order chi connectivity index (χ0) is 13.8. The molecule has 2 aromatic rings. The number of rotatable bonds is 4. The lowest BCUT2D eigenvalue weighted by Gasteiger charge is -2.26. The van der Waals surface area contributed by atoms with E-state index >= 15 is 0 Å². The first-order valence-electron chi connectivity index (χ1n) is 6.85. The molecule has 0 saturated carbocycles. The average molecular weight is 274 g/mol. The van der Waals surface area contributed by atoms with Crippen LogP contribution in [-0.4, -0.2) is 59.6 Å². The van der Waals surface area contributed by atoms with Gasteiger partial charge in [-0.3, -0.25) is 14.1 Å². The van der Waals surface area contributed by atoms with Crippen molar-refractivity contribution in [3.05, 3.63) is 36.3 Å². The Kier molecular flexibility index (Phi) is 3.94. The van der Waals surface area contributed by atoms with Crippen LogP contribution < -0.4 is 5.32 Å². The van der Waals surface area contributed by atoms with Gasteiger partial charge in [-0.2, -0.15) is 0 Å².